The summed E-state index contributed by atoms with van der Waals surface area (Å²) in [5.41, 5.74) is 0.559. The maximum atomic E-state index is 11.5. The molecular weight excluding hydrogens is 292 g/mol. The van der Waals surface area contributed by atoms with Crippen LogP contribution < -0.4 is 15.4 Å². The number of hydrogen-bond donors (Lipinski definition) is 2. The number of amides is 1. The highest BCUT2D eigenvalue weighted by Gasteiger charge is 2.15. The zero-order chi connectivity index (χ0) is 17.3. The highest BCUT2D eigenvalue weighted by atomic mass is 16.6. The van der Waals surface area contributed by atoms with Crippen LogP contribution in [0.2, 0.25) is 0 Å². The van der Waals surface area contributed by atoms with Gasteiger partial charge >= 0.3 is 6.09 Å². The molecule has 1 aromatic rings. The molecule has 0 aromatic heterocycles. The average molecular weight is 322 g/mol. The van der Waals surface area contributed by atoms with Gasteiger partial charge in [-0.05, 0) is 46.2 Å². The Morgan fingerprint density at radius 1 is 1.30 bits per heavy atom. The number of carbonyl (C=O) groups excluding carboxylic acids is 1. The van der Waals surface area contributed by atoms with Crippen molar-refractivity contribution in [3.8, 4) is 5.75 Å². The molecule has 1 amide bonds. The van der Waals surface area contributed by atoms with Gasteiger partial charge < -0.3 is 20.1 Å². The van der Waals surface area contributed by atoms with E-state index in [2.05, 4.69) is 24.5 Å². The number of rotatable bonds is 8. The molecule has 0 saturated heterocycles. The van der Waals surface area contributed by atoms with Crippen LogP contribution in [0, 0.1) is 0 Å². The molecule has 0 saturated carbocycles. The fraction of sp³-hybridized carbons (Fsp3) is 0.611. The predicted molar refractivity (Wildman–Crippen MR) is 94.2 cm³/mol. The number of alkyl carbamates (subject to hydrolysis) is 1. The van der Waals surface area contributed by atoms with Crippen LogP contribution in [-0.2, 0) is 4.74 Å². The first-order chi connectivity index (χ1) is 10.8. The van der Waals surface area contributed by atoms with E-state index < -0.39 is 11.7 Å². The summed E-state index contributed by atoms with van der Waals surface area (Å²) in [6, 6.07) is 8.29. The fourth-order valence-electron chi connectivity index (χ4n) is 2.10. The molecule has 0 fully saturated rings. The van der Waals surface area contributed by atoms with E-state index in [0.717, 1.165) is 24.3 Å². The van der Waals surface area contributed by atoms with Gasteiger partial charge in [0.05, 0.1) is 6.54 Å². The number of hydrogen-bond acceptors (Lipinski definition) is 4. The lowest BCUT2D eigenvalue weighted by Crippen LogP contribution is -2.34. The summed E-state index contributed by atoms with van der Waals surface area (Å²) in [5.74, 6) is 0.782. The van der Waals surface area contributed by atoms with Crippen molar-refractivity contribution in [1.82, 2.24) is 5.32 Å². The minimum Gasteiger partial charge on any atom is -0.492 e. The molecular formula is C18H30N2O3. The van der Waals surface area contributed by atoms with Crippen LogP contribution in [-0.4, -0.2) is 30.9 Å². The molecule has 0 aliphatic heterocycles. The van der Waals surface area contributed by atoms with Crippen LogP contribution in [0.15, 0.2) is 24.3 Å². The van der Waals surface area contributed by atoms with Crippen LogP contribution in [0.3, 0.4) is 0 Å². The highest BCUT2D eigenvalue weighted by molar-refractivity contribution is 5.67. The van der Waals surface area contributed by atoms with Crippen molar-refractivity contribution >= 4 is 11.8 Å². The Bertz CT molecular complexity index is 483. The number of benzene rings is 1. The highest BCUT2D eigenvalue weighted by Crippen LogP contribution is 2.18. The first-order valence-electron chi connectivity index (χ1n) is 8.26. The van der Waals surface area contributed by atoms with Gasteiger partial charge in [-0.25, -0.2) is 4.79 Å². The lowest BCUT2D eigenvalue weighted by atomic mass is 10.2. The van der Waals surface area contributed by atoms with E-state index in [9.17, 15) is 4.79 Å². The molecule has 1 atom stereocenters. The van der Waals surface area contributed by atoms with Crippen molar-refractivity contribution < 1.29 is 14.3 Å². The van der Waals surface area contributed by atoms with Crippen molar-refractivity contribution in [1.29, 1.82) is 0 Å². The first-order valence-corrected chi connectivity index (χ1v) is 8.26. The third-order valence-electron chi connectivity index (χ3n) is 3.01. The van der Waals surface area contributed by atoms with Crippen LogP contribution in [0.4, 0.5) is 10.5 Å². The average Bonchev–Trinajstić information content (AvgIpc) is 2.42. The molecule has 1 rings (SSSR count). The summed E-state index contributed by atoms with van der Waals surface area (Å²) >= 11 is 0. The quantitative estimate of drug-likeness (QED) is 0.705. The van der Waals surface area contributed by atoms with Gasteiger partial charge in [0.1, 0.15) is 18.0 Å². The summed E-state index contributed by atoms with van der Waals surface area (Å²) in [6.07, 6.45) is 1.86. The molecule has 0 spiro atoms. The molecule has 130 valence electrons. The fourth-order valence-corrected chi connectivity index (χ4v) is 2.10. The standard InChI is InChI=1S/C18H30N2O3/c1-6-8-14(2)20-15-9-7-10-16(13-15)22-12-11-19-17(21)23-18(3,4)5/h7,9-10,13-14,20H,6,8,11-12H2,1-5H3,(H,19,21). The van der Waals surface area contributed by atoms with Crippen molar-refractivity contribution in [2.75, 3.05) is 18.5 Å². The lowest BCUT2D eigenvalue weighted by Gasteiger charge is -2.19. The summed E-state index contributed by atoms with van der Waals surface area (Å²) in [5, 5.41) is 6.12. The van der Waals surface area contributed by atoms with E-state index >= 15 is 0 Å². The molecule has 0 bridgehead atoms. The van der Waals surface area contributed by atoms with Crippen molar-refractivity contribution in [3.63, 3.8) is 0 Å². The molecule has 0 aliphatic rings. The van der Waals surface area contributed by atoms with E-state index in [1.165, 1.54) is 0 Å². The Balaban J connectivity index is 2.34. The molecule has 5 nitrogen and oxygen atoms in total. The van der Waals surface area contributed by atoms with Crippen molar-refractivity contribution in [2.24, 2.45) is 0 Å². The monoisotopic (exact) mass is 322 g/mol. The molecule has 5 heteroatoms. The van der Waals surface area contributed by atoms with Gasteiger partial charge in [0, 0.05) is 17.8 Å². The minimum atomic E-state index is -0.486. The van der Waals surface area contributed by atoms with Gasteiger partial charge in [-0.2, -0.15) is 0 Å². The van der Waals surface area contributed by atoms with E-state index in [1.54, 1.807) is 0 Å². The summed E-state index contributed by atoms with van der Waals surface area (Å²) < 4.78 is 10.8. The third-order valence-corrected chi connectivity index (χ3v) is 3.01. The number of nitrogens with one attached hydrogen (secondary N) is 2. The molecule has 23 heavy (non-hydrogen) atoms. The van der Waals surface area contributed by atoms with Crippen LogP contribution >= 0.6 is 0 Å². The topological polar surface area (TPSA) is 59.6 Å². The maximum Gasteiger partial charge on any atom is 0.407 e. The van der Waals surface area contributed by atoms with Gasteiger partial charge in [-0.1, -0.05) is 19.4 Å². The SMILES string of the molecule is CCCC(C)Nc1cccc(OCCNC(=O)OC(C)(C)C)c1. The van der Waals surface area contributed by atoms with Crippen LogP contribution in [0.25, 0.3) is 0 Å². The minimum absolute atomic E-state index is 0.396. The molecule has 0 aliphatic carbocycles. The number of anilines is 1. The van der Waals surface area contributed by atoms with Crippen molar-refractivity contribution in [2.45, 2.75) is 59.1 Å². The Morgan fingerprint density at radius 3 is 2.70 bits per heavy atom. The summed E-state index contributed by atoms with van der Waals surface area (Å²) in [6.45, 7) is 10.6. The molecule has 0 radical (unpaired) electrons. The van der Waals surface area contributed by atoms with E-state index in [1.807, 2.05) is 45.0 Å². The van der Waals surface area contributed by atoms with Crippen molar-refractivity contribution in [3.05, 3.63) is 24.3 Å². The zero-order valence-corrected chi connectivity index (χ0v) is 14.9. The lowest BCUT2D eigenvalue weighted by molar-refractivity contribution is 0.0520. The molecule has 0 heterocycles. The third kappa shape index (κ3) is 8.96. The second kappa shape index (κ2) is 9.28. The maximum absolute atomic E-state index is 11.5. The van der Waals surface area contributed by atoms with Gasteiger partial charge in [0.15, 0.2) is 0 Å². The normalized spacial score (nSPS) is 12.4. The van der Waals surface area contributed by atoms with Gasteiger partial charge in [0.2, 0.25) is 0 Å². The Hall–Kier alpha value is -1.91. The van der Waals surface area contributed by atoms with Crippen LogP contribution in [0.5, 0.6) is 5.75 Å². The van der Waals surface area contributed by atoms with Gasteiger partial charge in [0.25, 0.3) is 0 Å². The largest absolute Gasteiger partial charge is 0.492 e. The molecule has 2 N–H and O–H groups in total. The Labute approximate surface area is 139 Å². The Morgan fingerprint density at radius 2 is 2.04 bits per heavy atom. The van der Waals surface area contributed by atoms with E-state index in [4.69, 9.17) is 9.47 Å². The number of ether oxygens (including phenoxy) is 2. The van der Waals surface area contributed by atoms with E-state index in [-0.39, 0.29) is 0 Å². The second-order valence-electron chi connectivity index (χ2n) is 6.64. The molecule has 1 unspecified atom stereocenters. The molecule has 1 aromatic carbocycles. The Kier molecular flexibility index (Phi) is 7.72. The first kappa shape index (κ1) is 19.1. The smallest absolute Gasteiger partial charge is 0.407 e. The predicted octanol–water partition coefficient (Wildman–Crippen LogP) is 4.19. The zero-order valence-electron chi connectivity index (χ0n) is 14.9. The summed E-state index contributed by atoms with van der Waals surface area (Å²) in [4.78, 5) is 11.5. The van der Waals surface area contributed by atoms with Gasteiger partial charge in [-0.15, -0.1) is 0 Å². The van der Waals surface area contributed by atoms with Gasteiger partial charge in [-0.3, -0.25) is 0 Å². The summed E-state index contributed by atoms with van der Waals surface area (Å²) in [7, 11) is 0. The number of carbonyl (C=O) groups is 1. The van der Waals surface area contributed by atoms with E-state index in [0.29, 0.717) is 19.2 Å². The second-order valence-corrected chi connectivity index (χ2v) is 6.64. The van der Waals surface area contributed by atoms with Crippen LogP contribution in [0.1, 0.15) is 47.5 Å².